The molecule has 4 rings (SSSR count). The van der Waals surface area contributed by atoms with Gasteiger partial charge in [0, 0.05) is 31.3 Å². The normalized spacial score (nSPS) is 20.8. The lowest BCUT2D eigenvalue weighted by atomic mass is 9.73. The van der Waals surface area contributed by atoms with E-state index in [0.29, 0.717) is 12.6 Å². The molecule has 0 radical (unpaired) electrons. The molecule has 0 bridgehead atoms. The second-order valence-electron chi connectivity index (χ2n) is 8.32. The fourth-order valence-electron chi connectivity index (χ4n) is 3.80. The summed E-state index contributed by atoms with van der Waals surface area (Å²) >= 11 is 0. The van der Waals surface area contributed by atoms with Crippen molar-refractivity contribution in [3.05, 3.63) is 42.7 Å². The zero-order chi connectivity index (χ0) is 29.3. The SMILES string of the molecule is Fc1cnc(N2CCC3OCCCC3(COc3cccnc3)C2)nc1.O=C(O)C(F)(F)F.O=C(O)C(F)(F)F. The van der Waals surface area contributed by atoms with Crippen LogP contribution < -0.4 is 9.64 Å². The van der Waals surface area contributed by atoms with Crippen molar-refractivity contribution < 1.29 is 60.0 Å². The van der Waals surface area contributed by atoms with Crippen molar-refractivity contribution in [2.75, 3.05) is 31.2 Å². The van der Waals surface area contributed by atoms with Crippen molar-refractivity contribution >= 4 is 17.9 Å². The number of anilines is 1. The van der Waals surface area contributed by atoms with Gasteiger partial charge < -0.3 is 24.6 Å². The van der Waals surface area contributed by atoms with Crippen molar-refractivity contribution in [3.63, 3.8) is 0 Å². The summed E-state index contributed by atoms with van der Waals surface area (Å²) in [4.78, 5) is 32.3. The Labute approximate surface area is 216 Å². The maximum Gasteiger partial charge on any atom is 0.490 e. The molecule has 2 N–H and O–H groups in total. The van der Waals surface area contributed by atoms with Crippen molar-refractivity contribution in [1.82, 2.24) is 15.0 Å². The minimum Gasteiger partial charge on any atom is -0.491 e. The number of fused-ring (bicyclic) bond motifs is 1. The van der Waals surface area contributed by atoms with Crippen LogP contribution in [0.3, 0.4) is 0 Å². The van der Waals surface area contributed by atoms with E-state index < -0.39 is 30.1 Å². The van der Waals surface area contributed by atoms with Gasteiger partial charge in [0.25, 0.3) is 0 Å². The number of rotatable bonds is 4. The first kappa shape index (κ1) is 31.5. The van der Waals surface area contributed by atoms with Gasteiger partial charge in [-0.25, -0.2) is 23.9 Å². The summed E-state index contributed by atoms with van der Waals surface area (Å²) in [5.74, 6) is -4.61. The number of carbonyl (C=O) groups is 2. The summed E-state index contributed by atoms with van der Waals surface area (Å²) in [6.07, 6.45) is -1.22. The molecule has 4 heterocycles. The first-order valence-electron chi connectivity index (χ1n) is 11.1. The van der Waals surface area contributed by atoms with E-state index in [1.807, 2.05) is 12.1 Å². The lowest BCUT2D eigenvalue weighted by Gasteiger charge is -2.50. The molecule has 216 valence electrons. The van der Waals surface area contributed by atoms with Gasteiger partial charge >= 0.3 is 24.3 Å². The third kappa shape index (κ3) is 9.81. The van der Waals surface area contributed by atoms with E-state index in [1.54, 1.807) is 12.4 Å². The molecular weight excluding hydrogens is 549 g/mol. The second-order valence-corrected chi connectivity index (χ2v) is 8.32. The molecule has 2 fully saturated rings. The molecule has 2 unspecified atom stereocenters. The fraction of sp³-hybridized carbons (Fsp3) is 0.500. The van der Waals surface area contributed by atoms with Crippen LogP contribution in [0, 0.1) is 11.2 Å². The third-order valence-electron chi connectivity index (χ3n) is 5.52. The van der Waals surface area contributed by atoms with Crippen LogP contribution in [0.15, 0.2) is 36.9 Å². The number of aliphatic carboxylic acids is 2. The molecule has 0 aliphatic carbocycles. The molecule has 2 saturated heterocycles. The molecule has 0 aromatic carbocycles. The Morgan fingerprint density at radius 3 is 2.18 bits per heavy atom. The summed E-state index contributed by atoms with van der Waals surface area (Å²) in [7, 11) is 0. The van der Waals surface area contributed by atoms with E-state index in [1.165, 1.54) is 12.4 Å². The molecule has 2 aromatic heterocycles. The van der Waals surface area contributed by atoms with Crippen LogP contribution in [0.2, 0.25) is 0 Å². The highest BCUT2D eigenvalue weighted by molar-refractivity contribution is 5.73. The molecule has 10 nitrogen and oxygen atoms in total. The van der Waals surface area contributed by atoms with Crippen LogP contribution in [0.4, 0.5) is 36.7 Å². The number of carboxylic acids is 2. The molecule has 39 heavy (non-hydrogen) atoms. The van der Waals surface area contributed by atoms with Crippen LogP contribution in [-0.4, -0.2) is 81.9 Å². The topological polar surface area (TPSA) is 135 Å². The van der Waals surface area contributed by atoms with E-state index in [4.69, 9.17) is 29.3 Å². The summed E-state index contributed by atoms with van der Waals surface area (Å²) in [5, 5.41) is 14.2. The number of hydrogen-bond acceptors (Lipinski definition) is 8. The summed E-state index contributed by atoms with van der Waals surface area (Å²) in [6, 6.07) is 3.77. The number of aromatic nitrogens is 3. The first-order valence-corrected chi connectivity index (χ1v) is 11.1. The summed E-state index contributed by atoms with van der Waals surface area (Å²) in [6.45, 7) is 2.89. The Hall–Kier alpha value is -3.76. The van der Waals surface area contributed by atoms with Crippen molar-refractivity contribution in [2.24, 2.45) is 5.41 Å². The minimum atomic E-state index is -5.08. The molecule has 2 aliphatic rings. The zero-order valence-electron chi connectivity index (χ0n) is 20.0. The molecule has 0 amide bonds. The van der Waals surface area contributed by atoms with Gasteiger partial charge in [-0.2, -0.15) is 26.3 Å². The fourth-order valence-corrected chi connectivity index (χ4v) is 3.80. The zero-order valence-corrected chi connectivity index (χ0v) is 20.0. The highest BCUT2D eigenvalue weighted by atomic mass is 19.4. The Balaban J connectivity index is 0.000000317. The smallest absolute Gasteiger partial charge is 0.490 e. The van der Waals surface area contributed by atoms with E-state index in [2.05, 4.69) is 19.9 Å². The number of piperidine rings is 1. The average molecular weight is 572 g/mol. The van der Waals surface area contributed by atoms with Crippen molar-refractivity contribution in [3.8, 4) is 5.75 Å². The Kier molecular flexibility index (Phi) is 10.8. The molecule has 17 heteroatoms. The van der Waals surface area contributed by atoms with E-state index in [9.17, 15) is 30.7 Å². The van der Waals surface area contributed by atoms with Gasteiger partial charge in [0.05, 0.1) is 31.3 Å². The van der Waals surface area contributed by atoms with E-state index in [-0.39, 0.29) is 11.5 Å². The number of carboxylic acid groups (broad SMARTS) is 2. The van der Waals surface area contributed by atoms with E-state index in [0.717, 1.165) is 44.7 Å². The van der Waals surface area contributed by atoms with E-state index >= 15 is 0 Å². The summed E-state index contributed by atoms with van der Waals surface area (Å²) < 4.78 is 88.7. The number of alkyl halides is 6. The standard InChI is InChI=1S/C18H21FN4O2.2C2HF3O2/c19-14-9-21-17(22-10-14)23-7-4-16-18(12-23,5-2-8-24-16)13-25-15-3-1-6-20-11-15;2*3-2(4,5)1(6)7/h1,3,6,9-11,16H,2,4-5,7-8,12-13H2;2*(H,6,7). The molecule has 0 spiro atoms. The van der Waals surface area contributed by atoms with Crippen LogP contribution >= 0.6 is 0 Å². The molecule has 0 saturated carbocycles. The highest BCUT2D eigenvalue weighted by Crippen LogP contribution is 2.41. The number of pyridine rings is 1. The Morgan fingerprint density at radius 1 is 1.08 bits per heavy atom. The Morgan fingerprint density at radius 2 is 1.67 bits per heavy atom. The number of ether oxygens (including phenoxy) is 2. The van der Waals surface area contributed by atoms with Gasteiger partial charge in [0.1, 0.15) is 5.75 Å². The highest BCUT2D eigenvalue weighted by Gasteiger charge is 2.47. The van der Waals surface area contributed by atoms with Gasteiger partial charge in [0.15, 0.2) is 5.82 Å². The maximum absolute atomic E-state index is 13.1. The molecular formula is C22H23F7N4O6. The van der Waals surface area contributed by atoms with Crippen LogP contribution in [0.5, 0.6) is 5.75 Å². The molecule has 2 atom stereocenters. The average Bonchev–Trinajstić information content (AvgIpc) is 2.88. The molecule has 2 aromatic rings. The number of halogens is 7. The predicted molar refractivity (Wildman–Crippen MR) is 117 cm³/mol. The van der Waals surface area contributed by atoms with Gasteiger partial charge in [-0.05, 0) is 31.4 Å². The largest absolute Gasteiger partial charge is 0.491 e. The lowest BCUT2D eigenvalue weighted by molar-refractivity contribution is -0.193. The number of hydrogen-bond donors (Lipinski definition) is 2. The number of nitrogens with zero attached hydrogens (tertiary/aromatic N) is 4. The van der Waals surface area contributed by atoms with Crippen molar-refractivity contribution in [1.29, 1.82) is 0 Å². The second kappa shape index (κ2) is 13.3. The monoisotopic (exact) mass is 572 g/mol. The quantitative estimate of drug-likeness (QED) is 0.522. The maximum atomic E-state index is 13.1. The third-order valence-corrected chi connectivity index (χ3v) is 5.52. The van der Waals surface area contributed by atoms with Crippen LogP contribution in [0.1, 0.15) is 19.3 Å². The first-order chi connectivity index (χ1) is 18.1. The summed E-state index contributed by atoms with van der Waals surface area (Å²) in [5.41, 5.74) is -0.121. The van der Waals surface area contributed by atoms with Crippen LogP contribution in [0.25, 0.3) is 0 Å². The lowest BCUT2D eigenvalue weighted by Crippen LogP contribution is -2.57. The predicted octanol–water partition coefficient (Wildman–Crippen LogP) is 3.73. The van der Waals surface area contributed by atoms with Gasteiger partial charge in [-0.3, -0.25) is 4.98 Å². The van der Waals surface area contributed by atoms with Gasteiger partial charge in [0.2, 0.25) is 5.95 Å². The van der Waals surface area contributed by atoms with Crippen LogP contribution in [-0.2, 0) is 14.3 Å². The minimum absolute atomic E-state index is 0.121. The van der Waals surface area contributed by atoms with Gasteiger partial charge in [-0.15, -0.1) is 0 Å². The van der Waals surface area contributed by atoms with Gasteiger partial charge in [-0.1, -0.05) is 0 Å². The van der Waals surface area contributed by atoms with Crippen molar-refractivity contribution in [2.45, 2.75) is 37.7 Å². The Bertz CT molecular complexity index is 1050. The molecule has 2 aliphatic heterocycles.